The van der Waals surface area contributed by atoms with Crippen molar-refractivity contribution in [2.24, 2.45) is 4.99 Å². The second kappa shape index (κ2) is 8.83. The minimum Gasteiger partial charge on any atom is -0.325 e. The molecule has 2 atom stereocenters. The third-order valence-corrected chi connectivity index (χ3v) is 8.62. The lowest BCUT2D eigenvalue weighted by molar-refractivity contribution is -0.113. The van der Waals surface area contributed by atoms with Crippen molar-refractivity contribution in [2.75, 3.05) is 27.5 Å². The van der Waals surface area contributed by atoms with E-state index in [9.17, 15) is 13.2 Å². The average molecular weight is 519 g/mol. The zero-order valence-electron chi connectivity index (χ0n) is 16.3. The summed E-state index contributed by atoms with van der Waals surface area (Å²) in [6, 6.07) is 9.62. The molecule has 0 spiro atoms. The molecule has 2 aromatic rings. The summed E-state index contributed by atoms with van der Waals surface area (Å²) in [7, 11) is -3.19. The number of aliphatic imine (C=N–C) groups is 1. The van der Waals surface area contributed by atoms with Gasteiger partial charge in [0.1, 0.15) is 0 Å². The maximum absolute atomic E-state index is 12.5. The van der Waals surface area contributed by atoms with Gasteiger partial charge in [-0.1, -0.05) is 52.6 Å². The summed E-state index contributed by atoms with van der Waals surface area (Å²) in [4.78, 5) is 19.0. The zero-order valence-corrected chi connectivity index (χ0v) is 20.2. The lowest BCUT2D eigenvalue weighted by Gasteiger charge is -2.26. The summed E-state index contributed by atoms with van der Waals surface area (Å²) in [5.74, 6) is -0.141. The Bertz CT molecular complexity index is 1170. The van der Waals surface area contributed by atoms with Crippen molar-refractivity contribution in [1.29, 1.82) is 0 Å². The Morgan fingerprint density at radius 1 is 1.19 bits per heavy atom. The number of anilines is 2. The van der Waals surface area contributed by atoms with Crippen LogP contribution in [0.4, 0.5) is 11.4 Å². The molecule has 0 saturated carbocycles. The highest BCUT2D eigenvalue weighted by molar-refractivity contribution is 8.14. The fourth-order valence-corrected chi connectivity index (χ4v) is 7.13. The van der Waals surface area contributed by atoms with Gasteiger partial charge in [0.15, 0.2) is 15.0 Å². The number of nitrogens with one attached hydrogen (secondary N) is 1. The predicted octanol–water partition coefficient (Wildman–Crippen LogP) is 4.67. The number of amidine groups is 1. The van der Waals surface area contributed by atoms with Gasteiger partial charge in [0.2, 0.25) is 5.91 Å². The third-order valence-electron chi connectivity index (χ3n) is 5.11. The van der Waals surface area contributed by atoms with E-state index in [-0.39, 0.29) is 35.2 Å². The molecule has 1 amide bonds. The first-order valence-electron chi connectivity index (χ1n) is 9.34. The van der Waals surface area contributed by atoms with E-state index < -0.39 is 9.84 Å². The van der Waals surface area contributed by atoms with Crippen LogP contribution in [0.25, 0.3) is 0 Å². The van der Waals surface area contributed by atoms with Gasteiger partial charge in [-0.15, -0.1) is 0 Å². The minimum atomic E-state index is -3.19. The van der Waals surface area contributed by atoms with Crippen LogP contribution in [0.15, 0.2) is 41.4 Å². The quantitative estimate of drug-likeness (QED) is 0.636. The van der Waals surface area contributed by atoms with Gasteiger partial charge in [0.25, 0.3) is 0 Å². The molecule has 1 saturated heterocycles. The summed E-state index contributed by atoms with van der Waals surface area (Å²) in [6.07, 6.45) is 0. The molecule has 2 aliphatic rings. The maximum atomic E-state index is 12.5. The van der Waals surface area contributed by atoms with Crippen LogP contribution in [-0.4, -0.2) is 48.8 Å². The van der Waals surface area contributed by atoms with Crippen LogP contribution in [0.1, 0.15) is 5.56 Å². The van der Waals surface area contributed by atoms with Crippen LogP contribution in [0, 0.1) is 6.92 Å². The Morgan fingerprint density at radius 3 is 2.61 bits per heavy atom. The molecule has 2 aromatic carbocycles. The van der Waals surface area contributed by atoms with Crippen LogP contribution < -0.4 is 10.2 Å². The molecule has 2 heterocycles. The van der Waals surface area contributed by atoms with Crippen LogP contribution in [0.3, 0.4) is 0 Å². The molecule has 0 aliphatic carbocycles. The number of carbonyl (C=O) groups is 1. The zero-order chi connectivity index (χ0) is 22.3. The molecule has 1 fully saturated rings. The number of sulfone groups is 1. The molecule has 4 rings (SSSR count). The minimum absolute atomic E-state index is 0.0107. The van der Waals surface area contributed by atoms with E-state index in [0.29, 0.717) is 31.6 Å². The number of rotatable bonds is 4. The van der Waals surface area contributed by atoms with Crippen molar-refractivity contribution in [3.05, 3.63) is 57.0 Å². The van der Waals surface area contributed by atoms with E-state index in [1.807, 2.05) is 11.8 Å². The third kappa shape index (κ3) is 4.98. The van der Waals surface area contributed by atoms with Crippen molar-refractivity contribution in [3.8, 4) is 0 Å². The number of carbonyl (C=O) groups excluding carboxylic acids is 1. The van der Waals surface area contributed by atoms with Crippen molar-refractivity contribution >= 4 is 78.9 Å². The molecular weight excluding hydrogens is 501 g/mol. The standard InChI is InChI=1S/C20H18Cl3N3O3S2/c1-11-15(23)3-2-4-16(11)24-19(27)8-30-20-25-17-9-31(28,29)10-18(17)26(20)14-6-12(21)5-13(22)7-14/h2-7,17-18H,8-10H2,1H3,(H,24,27)/t17-,18-/m0/s1. The number of hydrogen-bond acceptors (Lipinski definition) is 6. The van der Waals surface area contributed by atoms with Crippen molar-refractivity contribution in [3.63, 3.8) is 0 Å². The fraction of sp³-hybridized carbons (Fsp3) is 0.300. The Hall–Kier alpha value is -1.45. The van der Waals surface area contributed by atoms with Crippen LogP contribution in [0.5, 0.6) is 0 Å². The van der Waals surface area contributed by atoms with E-state index in [2.05, 4.69) is 10.3 Å². The lowest BCUT2D eigenvalue weighted by atomic mass is 10.1. The van der Waals surface area contributed by atoms with Gasteiger partial charge < -0.3 is 10.2 Å². The van der Waals surface area contributed by atoms with Crippen molar-refractivity contribution < 1.29 is 13.2 Å². The van der Waals surface area contributed by atoms with Crippen LogP contribution in [0.2, 0.25) is 15.1 Å². The molecule has 164 valence electrons. The summed E-state index contributed by atoms with van der Waals surface area (Å²) in [6.45, 7) is 1.83. The summed E-state index contributed by atoms with van der Waals surface area (Å²) < 4.78 is 24.3. The van der Waals surface area contributed by atoms with Crippen molar-refractivity contribution in [1.82, 2.24) is 0 Å². The molecule has 11 heteroatoms. The Balaban J connectivity index is 1.54. The molecular formula is C20H18Cl3N3O3S2. The molecule has 0 bridgehead atoms. The first-order valence-corrected chi connectivity index (χ1v) is 13.3. The molecule has 0 aromatic heterocycles. The Morgan fingerprint density at radius 2 is 1.90 bits per heavy atom. The number of fused-ring (bicyclic) bond motifs is 1. The van der Waals surface area contributed by atoms with Gasteiger partial charge >= 0.3 is 0 Å². The topological polar surface area (TPSA) is 78.8 Å². The van der Waals surface area contributed by atoms with Crippen LogP contribution in [-0.2, 0) is 14.6 Å². The number of thioether (sulfide) groups is 1. The Kier molecular flexibility index (Phi) is 6.47. The highest BCUT2D eigenvalue weighted by Gasteiger charge is 2.47. The second-order valence-corrected chi connectivity index (χ2v) is 11.7. The van der Waals surface area contributed by atoms with E-state index in [4.69, 9.17) is 34.8 Å². The van der Waals surface area contributed by atoms with E-state index in [1.54, 1.807) is 36.4 Å². The lowest BCUT2D eigenvalue weighted by Crippen LogP contribution is -2.39. The van der Waals surface area contributed by atoms with Crippen LogP contribution >= 0.6 is 46.6 Å². The molecule has 31 heavy (non-hydrogen) atoms. The number of amides is 1. The maximum Gasteiger partial charge on any atom is 0.234 e. The normalized spacial score (nSPS) is 21.7. The summed E-state index contributed by atoms with van der Waals surface area (Å²) >= 11 is 19.7. The summed E-state index contributed by atoms with van der Waals surface area (Å²) in [5, 5.41) is 4.87. The first kappa shape index (κ1) is 22.7. The van der Waals surface area contributed by atoms with Gasteiger partial charge in [-0.3, -0.25) is 9.79 Å². The summed E-state index contributed by atoms with van der Waals surface area (Å²) in [5.41, 5.74) is 2.09. The largest absolute Gasteiger partial charge is 0.325 e. The molecule has 6 nitrogen and oxygen atoms in total. The highest BCUT2D eigenvalue weighted by Crippen LogP contribution is 2.37. The smallest absolute Gasteiger partial charge is 0.234 e. The average Bonchev–Trinajstić information content (AvgIpc) is 3.14. The van der Waals surface area contributed by atoms with Crippen molar-refractivity contribution in [2.45, 2.75) is 19.0 Å². The van der Waals surface area contributed by atoms with Gasteiger partial charge in [-0.25, -0.2) is 8.42 Å². The van der Waals surface area contributed by atoms with E-state index in [0.717, 1.165) is 5.56 Å². The highest BCUT2D eigenvalue weighted by atomic mass is 35.5. The number of halogens is 3. The van der Waals surface area contributed by atoms with Gasteiger partial charge in [-0.05, 0) is 42.8 Å². The number of benzene rings is 2. The SMILES string of the molecule is Cc1c(Cl)cccc1NC(=O)CSC1=N[C@H]2CS(=O)(=O)C[C@@H]2N1c1cc(Cl)cc(Cl)c1. The van der Waals surface area contributed by atoms with Gasteiger partial charge in [0, 0.05) is 26.4 Å². The van der Waals surface area contributed by atoms with Gasteiger partial charge in [-0.2, -0.15) is 0 Å². The number of hydrogen-bond donors (Lipinski definition) is 1. The second-order valence-electron chi connectivity index (χ2n) is 7.37. The predicted molar refractivity (Wildman–Crippen MR) is 130 cm³/mol. The number of nitrogens with zero attached hydrogens (tertiary/aromatic N) is 2. The molecule has 1 N–H and O–H groups in total. The van der Waals surface area contributed by atoms with Gasteiger partial charge in [0.05, 0.1) is 29.3 Å². The Labute approximate surface area is 199 Å². The van der Waals surface area contributed by atoms with E-state index in [1.165, 1.54) is 11.8 Å². The molecule has 0 radical (unpaired) electrons. The fourth-order valence-electron chi connectivity index (χ4n) is 3.67. The molecule has 2 aliphatic heterocycles. The first-order chi connectivity index (χ1) is 14.6. The monoisotopic (exact) mass is 517 g/mol. The van der Waals surface area contributed by atoms with E-state index >= 15 is 0 Å². The molecule has 0 unspecified atom stereocenters.